The predicted molar refractivity (Wildman–Crippen MR) is 63.5 cm³/mol. The summed E-state index contributed by atoms with van der Waals surface area (Å²) < 4.78 is 0. The normalized spacial score (nSPS) is 25.1. The molecule has 6 heteroatoms. The minimum absolute atomic E-state index is 0.0619. The van der Waals surface area contributed by atoms with Crippen LogP contribution in [0.1, 0.15) is 13.3 Å². The molecule has 0 aliphatic carbocycles. The number of aromatic nitrogens is 2. The number of aliphatic hydroxyl groups excluding tert-OH is 1. The summed E-state index contributed by atoms with van der Waals surface area (Å²) in [7, 11) is 0. The zero-order chi connectivity index (χ0) is 11.7. The Morgan fingerprint density at radius 2 is 2.44 bits per heavy atom. The molecule has 0 amide bonds. The highest BCUT2D eigenvalue weighted by molar-refractivity contribution is 6.32. The molecule has 1 fully saturated rings. The minimum Gasteiger partial charge on any atom is -0.394 e. The third-order valence-corrected chi connectivity index (χ3v) is 3.35. The Hall–Kier alpha value is -1.07. The second-order valence-electron chi connectivity index (χ2n) is 4.11. The van der Waals surface area contributed by atoms with Crippen molar-refractivity contribution >= 4 is 23.4 Å². The highest BCUT2D eigenvalue weighted by Gasteiger charge is 2.32. The first-order valence-electron chi connectivity index (χ1n) is 5.29. The zero-order valence-corrected chi connectivity index (χ0v) is 9.85. The van der Waals surface area contributed by atoms with Crippen LogP contribution in [0, 0.1) is 5.92 Å². The van der Waals surface area contributed by atoms with Crippen LogP contribution in [0.4, 0.5) is 11.8 Å². The SMILES string of the molecule is CC1CCN(c2nc(N)ncc2Cl)C1CO. The van der Waals surface area contributed by atoms with Crippen LogP contribution in [0.25, 0.3) is 0 Å². The Bertz CT molecular complexity index is 387. The molecule has 2 unspecified atom stereocenters. The molecule has 1 aliphatic rings. The summed E-state index contributed by atoms with van der Waals surface area (Å²) in [6.45, 7) is 3.04. The van der Waals surface area contributed by atoms with Crippen LogP contribution in [0.15, 0.2) is 6.20 Å². The lowest BCUT2D eigenvalue weighted by Crippen LogP contribution is -2.36. The maximum absolute atomic E-state index is 9.37. The van der Waals surface area contributed by atoms with E-state index in [9.17, 15) is 5.11 Å². The number of nitrogen functional groups attached to an aromatic ring is 1. The van der Waals surface area contributed by atoms with Crippen LogP contribution in [0.5, 0.6) is 0 Å². The van der Waals surface area contributed by atoms with Crippen molar-refractivity contribution in [3.8, 4) is 0 Å². The number of nitrogens with zero attached hydrogens (tertiary/aromatic N) is 3. The van der Waals surface area contributed by atoms with Crippen LogP contribution in [0.3, 0.4) is 0 Å². The minimum atomic E-state index is 0.0619. The fourth-order valence-corrected chi connectivity index (χ4v) is 2.32. The highest BCUT2D eigenvalue weighted by atomic mass is 35.5. The zero-order valence-electron chi connectivity index (χ0n) is 9.10. The Balaban J connectivity index is 2.33. The molecule has 1 aliphatic heterocycles. The van der Waals surface area contributed by atoms with Gasteiger partial charge in [-0.05, 0) is 12.3 Å². The summed E-state index contributed by atoms with van der Waals surface area (Å²) in [6, 6.07) is 0.0619. The quantitative estimate of drug-likeness (QED) is 0.807. The molecule has 2 atom stereocenters. The molecule has 1 aromatic rings. The molecular weight excluding hydrogens is 228 g/mol. The van der Waals surface area contributed by atoms with E-state index in [1.165, 1.54) is 6.20 Å². The van der Waals surface area contributed by atoms with Crippen molar-refractivity contribution in [1.82, 2.24) is 9.97 Å². The molecule has 16 heavy (non-hydrogen) atoms. The molecule has 2 rings (SSSR count). The van der Waals surface area contributed by atoms with Gasteiger partial charge in [-0.1, -0.05) is 18.5 Å². The summed E-state index contributed by atoms with van der Waals surface area (Å²) in [6.07, 6.45) is 2.52. The lowest BCUT2D eigenvalue weighted by molar-refractivity contribution is 0.244. The number of hydrogen-bond donors (Lipinski definition) is 2. The van der Waals surface area contributed by atoms with E-state index in [1.54, 1.807) is 0 Å². The molecule has 5 nitrogen and oxygen atoms in total. The lowest BCUT2D eigenvalue weighted by Gasteiger charge is -2.26. The molecule has 2 heterocycles. The Morgan fingerprint density at radius 3 is 3.12 bits per heavy atom. The molecule has 1 saturated heterocycles. The van der Waals surface area contributed by atoms with Crippen LogP contribution in [0.2, 0.25) is 5.02 Å². The molecule has 0 radical (unpaired) electrons. The van der Waals surface area contributed by atoms with Gasteiger partial charge in [-0.25, -0.2) is 4.98 Å². The van der Waals surface area contributed by atoms with Crippen molar-refractivity contribution in [1.29, 1.82) is 0 Å². The molecule has 88 valence electrons. The average Bonchev–Trinajstić information content (AvgIpc) is 2.63. The van der Waals surface area contributed by atoms with E-state index < -0.39 is 0 Å². The lowest BCUT2D eigenvalue weighted by atomic mass is 10.0. The molecule has 0 bridgehead atoms. The van der Waals surface area contributed by atoms with Crippen molar-refractivity contribution in [3.05, 3.63) is 11.2 Å². The molecule has 0 saturated carbocycles. The number of hydrogen-bond acceptors (Lipinski definition) is 5. The van der Waals surface area contributed by atoms with Gasteiger partial charge in [0.05, 0.1) is 18.8 Å². The maximum atomic E-state index is 9.37. The van der Waals surface area contributed by atoms with Gasteiger partial charge in [0, 0.05) is 6.54 Å². The fraction of sp³-hybridized carbons (Fsp3) is 0.600. The summed E-state index contributed by atoms with van der Waals surface area (Å²) >= 11 is 6.04. The molecule has 3 N–H and O–H groups in total. The first-order valence-corrected chi connectivity index (χ1v) is 5.66. The monoisotopic (exact) mass is 242 g/mol. The summed E-state index contributed by atoms with van der Waals surface area (Å²) in [5.41, 5.74) is 5.55. The fourth-order valence-electron chi connectivity index (χ4n) is 2.12. The summed E-state index contributed by atoms with van der Waals surface area (Å²) in [5, 5.41) is 9.84. The molecule has 1 aromatic heterocycles. The van der Waals surface area contributed by atoms with Gasteiger partial charge >= 0.3 is 0 Å². The first-order chi connectivity index (χ1) is 7.63. The summed E-state index contributed by atoms with van der Waals surface area (Å²) in [5.74, 6) is 1.26. The van der Waals surface area contributed by atoms with Gasteiger partial charge in [0.15, 0.2) is 5.82 Å². The van der Waals surface area contributed by atoms with Gasteiger partial charge in [-0.15, -0.1) is 0 Å². The van der Waals surface area contributed by atoms with Gasteiger partial charge in [-0.2, -0.15) is 4.98 Å². The predicted octanol–water partition coefficient (Wildman–Crippen LogP) is 0.919. The van der Waals surface area contributed by atoms with Crippen LogP contribution < -0.4 is 10.6 Å². The summed E-state index contributed by atoms with van der Waals surface area (Å²) in [4.78, 5) is 9.97. The molecule has 0 spiro atoms. The van der Waals surface area contributed by atoms with Crippen LogP contribution in [-0.4, -0.2) is 34.3 Å². The van der Waals surface area contributed by atoms with Crippen molar-refractivity contribution in [2.75, 3.05) is 23.8 Å². The van der Waals surface area contributed by atoms with Crippen LogP contribution in [-0.2, 0) is 0 Å². The maximum Gasteiger partial charge on any atom is 0.222 e. The number of rotatable bonds is 2. The number of anilines is 2. The van der Waals surface area contributed by atoms with E-state index in [2.05, 4.69) is 16.9 Å². The van der Waals surface area contributed by atoms with Gasteiger partial charge in [0.25, 0.3) is 0 Å². The number of aliphatic hydroxyl groups is 1. The van der Waals surface area contributed by atoms with Gasteiger partial charge in [-0.3, -0.25) is 0 Å². The Labute approximate surface area is 99.3 Å². The average molecular weight is 243 g/mol. The van der Waals surface area contributed by atoms with Crippen molar-refractivity contribution in [2.24, 2.45) is 5.92 Å². The Kier molecular flexibility index (Phi) is 3.16. The van der Waals surface area contributed by atoms with E-state index in [1.807, 2.05) is 4.90 Å². The van der Waals surface area contributed by atoms with Gasteiger partial charge < -0.3 is 15.7 Å². The third kappa shape index (κ3) is 1.92. The molecular formula is C10H15ClN4O. The highest BCUT2D eigenvalue weighted by Crippen LogP contribution is 2.32. The largest absolute Gasteiger partial charge is 0.394 e. The first kappa shape index (κ1) is 11.4. The van der Waals surface area contributed by atoms with Crippen molar-refractivity contribution in [3.63, 3.8) is 0 Å². The van der Waals surface area contributed by atoms with E-state index in [-0.39, 0.29) is 18.6 Å². The topological polar surface area (TPSA) is 75.3 Å². The third-order valence-electron chi connectivity index (χ3n) is 3.09. The van der Waals surface area contributed by atoms with Crippen molar-refractivity contribution in [2.45, 2.75) is 19.4 Å². The van der Waals surface area contributed by atoms with Gasteiger partial charge in [0.1, 0.15) is 5.02 Å². The van der Waals surface area contributed by atoms with E-state index in [4.69, 9.17) is 17.3 Å². The standard InChI is InChI=1S/C10H15ClN4O/c1-6-2-3-15(8(6)5-16)9-7(11)4-13-10(12)14-9/h4,6,8,16H,2-3,5H2,1H3,(H2,12,13,14). The van der Waals surface area contributed by atoms with Crippen LogP contribution >= 0.6 is 11.6 Å². The van der Waals surface area contributed by atoms with E-state index in [0.29, 0.717) is 16.8 Å². The van der Waals surface area contributed by atoms with Gasteiger partial charge in [0.2, 0.25) is 5.95 Å². The second kappa shape index (κ2) is 4.43. The second-order valence-corrected chi connectivity index (χ2v) is 4.52. The smallest absolute Gasteiger partial charge is 0.222 e. The Morgan fingerprint density at radius 1 is 1.69 bits per heavy atom. The molecule has 0 aromatic carbocycles. The van der Waals surface area contributed by atoms with E-state index >= 15 is 0 Å². The van der Waals surface area contributed by atoms with E-state index in [0.717, 1.165) is 13.0 Å². The number of halogens is 1. The van der Waals surface area contributed by atoms with Crippen molar-refractivity contribution < 1.29 is 5.11 Å². The number of nitrogens with two attached hydrogens (primary N) is 1.